The van der Waals surface area contributed by atoms with E-state index in [2.05, 4.69) is 168 Å². The fourth-order valence-corrected chi connectivity index (χ4v) is 10.8. The summed E-state index contributed by atoms with van der Waals surface area (Å²) in [7, 11) is 0. The van der Waals surface area contributed by atoms with Gasteiger partial charge in [0.1, 0.15) is 0 Å². The van der Waals surface area contributed by atoms with Crippen LogP contribution in [0.25, 0.3) is 56.4 Å². The summed E-state index contributed by atoms with van der Waals surface area (Å²) in [6, 6.07) is 40.4. The van der Waals surface area contributed by atoms with Crippen molar-refractivity contribution in [2.75, 3.05) is 0 Å². The second kappa shape index (κ2) is 11.8. The van der Waals surface area contributed by atoms with Gasteiger partial charge in [-0.2, -0.15) is 0 Å². The molecule has 0 bridgehead atoms. The number of nitrogens with zero attached hydrogens (tertiary/aromatic N) is 3. The predicted octanol–water partition coefficient (Wildman–Crippen LogP) is 13.0. The number of allylic oxidation sites excluding steroid dienone is 8. The van der Waals surface area contributed by atoms with Crippen LogP contribution in [0, 0.1) is 0 Å². The molecule has 0 saturated heterocycles. The van der Waals surface area contributed by atoms with Crippen molar-refractivity contribution >= 4 is 11.1 Å². The van der Waals surface area contributed by atoms with Crippen molar-refractivity contribution in [3.05, 3.63) is 184 Å². The highest BCUT2D eigenvalue weighted by atomic mass is 15.0. The highest BCUT2D eigenvalue weighted by Gasteiger charge is 2.43. The van der Waals surface area contributed by atoms with E-state index in [4.69, 9.17) is 15.0 Å². The molecule has 0 radical (unpaired) electrons. The third kappa shape index (κ3) is 4.61. The van der Waals surface area contributed by atoms with Crippen molar-refractivity contribution in [1.82, 2.24) is 15.0 Å². The zero-order chi connectivity index (χ0) is 38.0. The monoisotopic (exact) mass is 723 g/mol. The molecule has 56 heavy (non-hydrogen) atoms. The SMILES string of the molecule is CC1(C)C2=C(C=CCC2)c2ccc(-c3nc(-c4ccc5c(c4)C(C)(C)c4ccccc4-5)nc(-c4ccc5c(c4)C(C)(c4ccccc4)C4=C5C=CCC4)n3)cc21. The first-order chi connectivity index (χ1) is 27.1. The first-order valence-electron chi connectivity index (χ1n) is 20.3. The molecule has 11 rings (SSSR count). The standard InChI is InChI=1S/C53H45N3/c1-51(2)42-20-12-9-17-36(42)39-26-23-32(29-45(39)51)48-54-49(33-24-27-40-37-18-10-13-21-43(37)52(3,4)46(40)30-33)56-50(55-48)34-25-28-41-38-19-11-14-22-44(38)53(5,47(41)31-34)35-15-7-6-8-16-35/h6-12,15-20,23-31H,13-14,21-22H2,1-5H3. The van der Waals surface area contributed by atoms with Gasteiger partial charge in [-0.25, -0.2) is 15.0 Å². The molecule has 3 nitrogen and oxygen atoms in total. The Bertz CT molecular complexity index is 2810. The topological polar surface area (TPSA) is 38.7 Å². The van der Waals surface area contributed by atoms with Crippen molar-refractivity contribution in [1.29, 1.82) is 0 Å². The number of hydrogen-bond donors (Lipinski definition) is 0. The molecular weight excluding hydrogens is 679 g/mol. The minimum absolute atomic E-state index is 0.0485. The van der Waals surface area contributed by atoms with Gasteiger partial charge in [0.2, 0.25) is 0 Å². The Morgan fingerprint density at radius 1 is 0.429 bits per heavy atom. The molecule has 272 valence electrons. The van der Waals surface area contributed by atoms with E-state index in [1.54, 1.807) is 0 Å². The van der Waals surface area contributed by atoms with Gasteiger partial charge in [0.05, 0.1) is 0 Å². The molecule has 1 heterocycles. The molecule has 5 aliphatic carbocycles. The summed E-state index contributed by atoms with van der Waals surface area (Å²) in [5, 5.41) is 0. The Morgan fingerprint density at radius 2 is 0.911 bits per heavy atom. The maximum atomic E-state index is 5.36. The molecule has 3 heteroatoms. The molecular formula is C53H45N3. The van der Waals surface area contributed by atoms with E-state index >= 15 is 0 Å². The number of benzene rings is 5. The Balaban J connectivity index is 1.10. The number of aromatic nitrogens is 3. The highest BCUT2D eigenvalue weighted by molar-refractivity contribution is 5.91. The maximum absolute atomic E-state index is 5.36. The number of fused-ring (bicyclic) bond motifs is 7. The van der Waals surface area contributed by atoms with Crippen LogP contribution in [0.2, 0.25) is 0 Å². The van der Waals surface area contributed by atoms with Gasteiger partial charge in [0, 0.05) is 32.9 Å². The first-order valence-corrected chi connectivity index (χ1v) is 20.3. The molecule has 0 amide bonds. The van der Waals surface area contributed by atoms with Crippen molar-refractivity contribution in [3.8, 4) is 45.3 Å². The van der Waals surface area contributed by atoms with Crippen molar-refractivity contribution in [3.63, 3.8) is 0 Å². The summed E-state index contributed by atoms with van der Waals surface area (Å²) < 4.78 is 0. The zero-order valence-corrected chi connectivity index (χ0v) is 32.9. The van der Waals surface area contributed by atoms with Crippen LogP contribution in [-0.2, 0) is 16.2 Å². The van der Waals surface area contributed by atoms with Gasteiger partial charge in [-0.1, -0.05) is 149 Å². The van der Waals surface area contributed by atoms with Crippen LogP contribution in [-0.4, -0.2) is 15.0 Å². The smallest absolute Gasteiger partial charge is 0.164 e. The van der Waals surface area contributed by atoms with Crippen LogP contribution < -0.4 is 0 Å². The Morgan fingerprint density at radius 3 is 1.55 bits per heavy atom. The average molecular weight is 724 g/mol. The van der Waals surface area contributed by atoms with Gasteiger partial charge in [-0.05, 0) is 118 Å². The lowest BCUT2D eigenvalue weighted by Gasteiger charge is -2.31. The van der Waals surface area contributed by atoms with E-state index in [0.29, 0.717) is 17.5 Å². The summed E-state index contributed by atoms with van der Waals surface area (Å²) in [4.78, 5) is 16.0. The van der Waals surface area contributed by atoms with Crippen molar-refractivity contribution in [2.45, 2.75) is 76.5 Å². The van der Waals surface area contributed by atoms with Crippen molar-refractivity contribution in [2.24, 2.45) is 0 Å². The largest absolute Gasteiger partial charge is 0.208 e. The zero-order valence-electron chi connectivity index (χ0n) is 32.9. The molecule has 1 unspecified atom stereocenters. The highest BCUT2D eigenvalue weighted by Crippen LogP contribution is 2.55. The molecule has 0 aliphatic heterocycles. The number of rotatable bonds is 4. The van der Waals surface area contributed by atoms with Crippen LogP contribution in [0.4, 0.5) is 0 Å². The van der Waals surface area contributed by atoms with Gasteiger partial charge in [-0.15, -0.1) is 0 Å². The summed E-state index contributed by atoms with van der Waals surface area (Å²) >= 11 is 0. The Labute approximate surface area is 330 Å². The third-order valence-corrected chi connectivity index (χ3v) is 13.9. The predicted molar refractivity (Wildman–Crippen MR) is 230 cm³/mol. The lowest BCUT2D eigenvalue weighted by Crippen LogP contribution is -2.24. The Kier molecular flexibility index (Phi) is 7.03. The van der Waals surface area contributed by atoms with Gasteiger partial charge in [-0.3, -0.25) is 0 Å². The molecule has 0 spiro atoms. The summed E-state index contributed by atoms with van der Waals surface area (Å²) in [5.74, 6) is 2.11. The fraction of sp³-hybridized carbons (Fsp3) is 0.226. The summed E-state index contributed by atoms with van der Waals surface area (Å²) in [5.41, 5.74) is 20.4. The molecule has 5 aliphatic rings. The van der Waals surface area contributed by atoms with E-state index in [1.165, 1.54) is 72.4 Å². The molecule has 6 aromatic rings. The molecule has 1 aromatic heterocycles. The summed E-state index contributed by atoms with van der Waals surface area (Å²) in [6.45, 7) is 11.8. The van der Waals surface area contributed by atoms with Gasteiger partial charge < -0.3 is 0 Å². The quantitative estimate of drug-likeness (QED) is 0.182. The molecule has 0 fully saturated rings. The third-order valence-electron chi connectivity index (χ3n) is 13.9. The van der Waals surface area contributed by atoms with Crippen LogP contribution >= 0.6 is 0 Å². The van der Waals surface area contributed by atoms with Crippen LogP contribution in [0.5, 0.6) is 0 Å². The minimum atomic E-state index is -0.238. The number of hydrogen-bond acceptors (Lipinski definition) is 3. The molecule has 0 saturated carbocycles. The minimum Gasteiger partial charge on any atom is -0.208 e. The van der Waals surface area contributed by atoms with Crippen LogP contribution in [0.15, 0.2) is 145 Å². The molecule has 1 atom stereocenters. The fourth-order valence-electron chi connectivity index (χ4n) is 10.8. The maximum Gasteiger partial charge on any atom is 0.164 e. The lowest BCUT2D eigenvalue weighted by atomic mass is 9.71. The van der Waals surface area contributed by atoms with Crippen LogP contribution in [0.3, 0.4) is 0 Å². The second-order valence-corrected chi connectivity index (χ2v) is 17.5. The van der Waals surface area contributed by atoms with Gasteiger partial charge in [0.15, 0.2) is 17.5 Å². The first kappa shape index (κ1) is 33.4. The Hall–Kier alpha value is -5.93. The van der Waals surface area contributed by atoms with E-state index < -0.39 is 0 Å². The van der Waals surface area contributed by atoms with E-state index in [9.17, 15) is 0 Å². The van der Waals surface area contributed by atoms with Gasteiger partial charge >= 0.3 is 0 Å². The van der Waals surface area contributed by atoms with Crippen molar-refractivity contribution < 1.29 is 0 Å². The van der Waals surface area contributed by atoms with E-state index in [0.717, 1.165) is 42.4 Å². The molecule has 0 N–H and O–H groups in total. The second-order valence-electron chi connectivity index (χ2n) is 17.5. The molecule has 5 aromatic carbocycles. The van der Waals surface area contributed by atoms with Crippen LogP contribution in [0.1, 0.15) is 99.2 Å². The van der Waals surface area contributed by atoms with E-state index in [-0.39, 0.29) is 16.2 Å². The average Bonchev–Trinajstić information content (AvgIpc) is 3.74. The normalized spacial score (nSPS) is 20.4. The van der Waals surface area contributed by atoms with Gasteiger partial charge in [0.25, 0.3) is 0 Å². The summed E-state index contributed by atoms with van der Waals surface area (Å²) in [6.07, 6.45) is 13.7. The lowest BCUT2D eigenvalue weighted by molar-refractivity contribution is 0.607. The van der Waals surface area contributed by atoms with E-state index in [1.807, 2.05) is 0 Å².